The Morgan fingerprint density at radius 1 is 1.11 bits per heavy atom. The van der Waals surface area contributed by atoms with E-state index in [0.717, 1.165) is 37.4 Å². The van der Waals surface area contributed by atoms with E-state index in [4.69, 9.17) is 0 Å². The number of hydrogen-bond donors (Lipinski definition) is 2. The van der Waals surface area contributed by atoms with E-state index >= 15 is 0 Å². The Bertz CT molecular complexity index is 1440. The number of halogens is 2. The maximum atomic E-state index is 14.5. The van der Waals surface area contributed by atoms with E-state index in [0.29, 0.717) is 12.7 Å². The van der Waals surface area contributed by atoms with Gasteiger partial charge in [0.2, 0.25) is 5.43 Å². The minimum absolute atomic E-state index is 0.351. The lowest BCUT2D eigenvalue weighted by Crippen LogP contribution is -2.60. The summed E-state index contributed by atoms with van der Waals surface area (Å²) in [7, 11) is 0. The first kappa shape index (κ1) is 24.8. The van der Waals surface area contributed by atoms with Gasteiger partial charge in [-0.25, -0.2) is 13.6 Å². The predicted octanol–water partition coefficient (Wildman–Crippen LogP) is 4.04. The van der Waals surface area contributed by atoms with Crippen LogP contribution in [0, 0.1) is 0 Å². The molecule has 0 unspecified atom stereocenters. The van der Waals surface area contributed by atoms with Gasteiger partial charge >= 0.3 is 5.97 Å². The van der Waals surface area contributed by atoms with Gasteiger partial charge in [0.05, 0.1) is 12.1 Å². The summed E-state index contributed by atoms with van der Waals surface area (Å²) in [6.07, 6.45) is 0.979. The first-order valence-electron chi connectivity index (χ1n) is 11.5. The number of nitrogens with zero attached hydrogens (tertiary/aromatic N) is 3. The number of aromatic nitrogens is 1. The lowest BCUT2D eigenvalue weighted by molar-refractivity contribution is -0.0548. The Kier molecular flexibility index (Phi) is 5.98. The lowest BCUT2D eigenvalue weighted by atomic mass is 9.94. The first-order chi connectivity index (χ1) is 17.5. The number of benzene rings is 2. The number of fused-ring (bicyclic) bond motifs is 3. The number of aromatic hydroxyl groups is 1. The fourth-order valence-electron chi connectivity index (χ4n) is 4.76. The third kappa shape index (κ3) is 4.03. The molecule has 1 amide bonds. The highest BCUT2D eigenvalue weighted by atomic mass is 32.2. The van der Waals surface area contributed by atoms with Crippen molar-refractivity contribution < 1.29 is 28.6 Å². The van der Waals surface area contributed by atoms with Crippen LogP contribution in [0.5, 0.6) is 5.75 Å². The van der Waals surface area contributed by atoms with Gasteiger partial charge in [0.1, 0.15) is 12.2 Å². The molecule has 3 heterocycles. The Morgan fingerprint density at radius 3 is 2.43 bits per heavy atom. The highest BCUT2D eigenvalue weighted by Crippen LogP contribution is 2.43. The molecule has 5 rings (SSSR count). The second-order valence-corrected chi connectivity index (χ2v) is 10.2. The monoisotopic (exact) mass is 527 g/mol. The van der Waals surface area contributed by atoms with Crippen LogP contribution in [0.2, 0.25) is 0 Å². The molecule has 0 saturated carbocycles. The van der Waals surface area contributed by atoms with E-state index in [1.54, 1.807) is 16.8 Å². The maximum absolute atomic E-state index is 14.5. The van der Waals surface area contributed by atoms with Gasteiger partial charge in [-0.3, -0.25) is 19.3 Å². The van der Waals surface area contributed by atoms with E-state index in [1.807, 2.05) is 48.5 Å². The molecule has 1 aromatic heterocycles. The van der Waals surface area contributed by atoms with Crippen LogP contribution in [0.3, 0.4) is 0 Å². The summed E-state index contributed by atoms with van der Waals surface area (Å²) in [5, 5.41) is 21.9. The van der Waals surface area contributed by atoms with Crippen LogP contribution in [0.4, 0.5) is 8.78 Å². The Balaban J connectivity index is 1.83. The van der Waals surface area contributed by atoms with Gasteiger partial charge in [-0.05, 0) is 29.7 Å². The van der Waals surface area contributed by atoms with Gasteiger partial charge in [0.25, 0.3) is 11.8 Å². The molecule has 192 valence electrons. The van der Waals surface area contributed by atoms with E-state index in [-0.39, 0.29) is 6.67 Å². The highest BCUT2D eigenvalue weighted by molar-refractivity contribution is 7.98. The number of carbonyl (C=O) groups excluding carboxylic acids is 1. The largest absolute Gasteiger partial charge is 0.502 e. The molecular weight excluding hydrogens is 504 g/mol. The van der Waals surface area contributed by atoms with E-state index < -0.39 is 52.3 Å². The second kappa shape index (κ2) is 8.91. The molecule has 3 aromatic rings. The molecule has 2 aromatic carbocycles. The normalized spacial score (nSPS) is 17.9. The van der Waals surface area contributed by atoms with Crippen LogP contribution >= 0.6 is 11.8 Å². The average Bonchev–Trinajstić information content (AvgIpc) is 3.02. The van der Waals surface area contributed by atoms with Crippen molar-refractivity contribution in [3.8, 4) is 5.75 Å². The molecular formula is C26H23F2N3O5S. The van der Waals surface area contributed by atoms with Crippen molar-refractivity contribution >= 4 is 23.6 Å². The van der Waals surface area contributed by atoms with Crippen LogP contribution in [0.1, 0.15) is 57.4 Å². The summed E-state index contributed by atoms with van der Waals surface area (Å²) in [5.74, 6) is -6.35. The van der Waals surface area contributed by atoms with Gasteiger partial charge in [-0.15, -0.1) is 11.8 Å². The number of thioether (sulfide) groups is 1. The molecule has 8 nitrogen and oxygen atoms in total. The molecule has 0 bridgehead atoms. The molecule has 0 spiro atoms. The van der Waals surface area contributed by atoms with Crippen molar-refractivity contribution in [3.63, 3.8) is 0 Å². The molecule has 37 heavy (non-hydrogen) atoms. The summed E-state index contributed by atoms with van der Waals surface area (Å²) in [6.45, 7) is 1.53. The highest BCUT2D eigenvalue weighted by Gasteiger charge is 2.45. The molecule has 2 aliphatic rings. The molecule has 2 aliphatic heterocycles. The number of carbonyl (C=O) groups is 2. The van der Waals surface area contributed by atoms with Crippen LogP contribution < -0.4 is 10.4 Å². The number of carboxylic acids is 1. The van der Waals surface area contributed by atoms with Crippen LogP contribution in [-0.4, -0.2) is 50.3 Å². The maximum Gasteiger partial charge on any atom is 0.341 e. The zero-order valence-corrected chi connectivity index (χ0v) is 20.7. The smallest absolute Gasteiger partial charge is 0.341 e. The van der Waals surface area contributed by atoms with Gasteiger partial charge < -0.3 is 15.1 Å². The van der Waals surface area contributed by atoms with E-state index in [2.05, 4.69) is 0 Å². The number of pyridine rings is 1. The van der Waals surface area contributed by atoms with Crippen molar-refractivity contribution in [2.24, 2.45) is 0 Å². The van der Waals surface area contributed by atoms with Crippen LogP contribution in [0.15, 0.2) is 64.4 Å². The number of carboxylic acid groups (broad SMARTS) is 1. The standard InChI is InChI=1S/C26H23F2N3O5S/c1-14(26(2,27)28)29-13-31(30-11-18(25(35)36)22(32)23(33)21(30)24(29)34)20-16-8-4-3-7-15(16)12-37-19-10-6-5-9-17(19)20/h3-11,14,20,33H,12-13H2,1-2H3,(H,35,36)/t14-,20+/m1/s1. The fourth-order valence-corrected chi connectivity index (χ4v) is 5.86. The number of aromatic carboxylic acids is 1. The van der Waals surface area contributed by atoms with Crippen molar-refractivity contribution in [2.45, 2.75) is 42.5 Å². The van der Waals surface area contributed by atoms with Gasteiger partial charge in [0, 0.05) is 23.8 Å². The van der Waals surface area contributed by atoms with E-state index in [1.165, 1.54) is 6.92 Å². The molecule has 2 atom stereocenters. The summed E-state index contributed by atoms with van der Waals surface area (Å²) >= 11 is 1.60. The van der Waals surface area contributed by atoms with Gasteiger partial charge in [-0.2, -0.15) is 0 Å². The topological polar surface area (TPSA) is 103 Å². The minimum Gasteiger partial charge on any atom is -0.502 e. The third-order valence-corrected chi connectivity index (χ3v) is 8.02. The van der Waals surface area contributed by atoms with Crippen LogP contribution in [-0.2, 0) is 5.75 Å². The fraction of sp³-hybridized carbons (Fsp3) is 0.269. The zero-order valence-electron chi connectivity index (χ0n) is 19.9. The van der Waals surface area contributed by atoms with Crippen molar-refractivity contribution in [1.82, 2.24) is 9.58 Å². The number of rotatable bonds is 4. The average molecular weight is 528 g/mol. The molecule has 0 aliphatic carbocycles. The van der Waals surface area contributed by atoms with E-state index in [9.17, 15) is 33.4 Å². The Hall–Kier alpha value is -3.86. The molecule has 0 fully saturated rings. The van der Waals surface area contributed by atoms with Crippen molar-refractivity contribution in [3.05, 3.63) is 92.9 Å². The Labute approximate surface area is 214 Å². The summed E-state index contributed by atoms with van der Waals surface area (Å²) in [4.78, 5) is 39.8. The molecule has 0 radical (unpaired) electrons. The number of amides is 1. The molecule has 2 N–H and O–H groups in total. The lowest BCUT2D eigenvalue weighted by Gasteiger charge is -2.46. The summed E-state index contributed by atoms with van der Waals surface area (Å²) in [6, 6.07) is 12.9. The van der Waals surface area contributed by atoms with Gasteiger partial charge in [-0.1, -0.05) is 42.5 Å². The SMILES string of the molecule is C[C@@H](N1CN([C@H]2c3ccccc3CSc3ccccc32)n2cc(C(=O)O)c(=O)c(O)c2C1=O)C(C)(F)F. The van der Waals surface area contributed by atoms with Crippen LogP contribution in [0.25, 0.3) is 0 Å². The summed E-state index contributed by atoms with van der Waals surface area (Å²) < 4.78 is 30.1. The number of hydrogen-bond acceptors (Lipinski definition) is 6. The Morgan fingerprint density at radius 2 is 1.76 bits per heavy atom. The van der Waals surface area contributed by atoms with Crippen molar-refractivity contribution in [1.29, 1.82) is 0 Å². The third-order valence-electron chi connectivity index (χ3n) is 6.88. The van der Waals surface area contributed by atoms with Crippen molar-refractivity contribution in [2.75, 3.05) is 11.7 Å². The predicted molar refractivity (Wildman–Crippen MR) is 133 cm³/mol. The number of alkyl halides is 2. The quantitative estimate of drug-likeness (QED) is 0.528. The second-order valence-electron chi connectivity index (χ2n) is 9.13. The van der Waals surface area contributed by atoms with Gasteiger partial charge in [0.15, 0.2) is 11.4 Å². The zero-order chi connectivity index (χ0) is 26.6. The molecule has 0 saturated heterocycles. The minimum atomic E-state index is -3.30. The molecule has 11 heteroatoms. The summed E-state index contributed by atoms with van der Waals surface area (Å²) in [5.41, 5.74) is 0.0309. The first-order valence-corrected chi connectivity index (χ1v) is 12.5.